The molecule has 3 rings (SSSR count). The van der Waals surface area contributed by atoms with E-state index in [4.69, 9.17) is 16.3 Å². The van der Waals surface area contributed by atoms with E-state index < -0.39 is 8.07 Å². The molecule has 0 saturated heterocycles. The lowest BCUT2D eigenvalue weighted by atomic mass is 10.3. The Kier molecular flexibility index (Phi) is 5.97. The second kappa shape index (κ2) is 8.10. The molecule has 152 valence electrons. The monoisotopic (exact) mass is 421 g/mol. The number of nitrogens with one attached hydrogen (secondary N) is 2. The predicted octanol–water partition coefficient (Wildman–Crippen LogP) is 4.22. The van der Waals surface area contributed by atoms with Crippen LogP contribution < -0.4 is 10.6 Å². The topological polar surface area (TPSA) is 81.8 Å². The van der Waals surface area contributed by atoms with Gasteiger partial charge in [-0.25, -0.2) is 0 Å². The Morgan fingerprint density at radius 3 is 2.57 bits per heavy atom. The van der Waals surface area contributed by atoms with E-state index in [0.717, 1.165) is 35.1 Å². The molecule has 0 amide bonds. The van der Waals surface area contributed by atoms with Gasteiger partial charge in [0, 0.05) is 41.2 Å². The largest absolute Gasteiger partial charge is 0.372 e. The molecule has 0 atom stereocenters. The van der Waals surface area contributed by atoms with Gasteiger partial charge in [0.15, 0.2) is 5.65 Å². The van der Waals surface area contributed by atoms with E-state index in [2.05, 4.69) is 45.3 Å². The van der Waals surface area contributed by atoms with Gasteiger partial charge in [-0.15, -0.1) is 0 Å². The van der Waals surface area contributed by atoms with Crippen LogP contribution in [-0.2, 0) is 18.5 Å². The maximum absolute atomic E-state index is 6.46. The van der Waals surface area contributed by atoms with Crippen molar-refractivity contribution >= 4 is 48.2 Å². The molecule has 0 spiro atoms. The Labute approximate surface area is 171 Å². The molecule has 0 aliphatic heterocycles. The number of aromatic nitrogens is 5. The van der Waals surface area contributed by atoms with Crippen LogP contribution in [-0.4, -0.2) is 46.0 Å². The van der Waals surface area contributed by atoms with E-state index in [0.29, 0.717) is 23.5 Å². The molecule has 3 heterocycles. The van der Waals surface area contributed by atoms with Crippen molar-refractivity contribution in [3.05, 3.63) is 23.1 Å². The molecule has 0 aliphatic carbocycles. The van der Waals surface area contributed by atoms with E-state index >= 15 is 0 Å². The summed E-state index contributed by atoms with van der Waals surface area (Å²) >= 11 is 6.46. The SMILES string of the molecule is CNc1nc(Nc2cn(C)nc2C)nc2c1c(Cl)cn2COCC[Si](C)(C)C. The number of nitrogens with zero attached hydrogens (tertiary/aromatic N) is 5. The summed E-state index contributed by atoms with van der Waals surface area (Å²) in [6.07, 6.45) is 3.74. The molecule has 28 heavy (non-hydrogen) atoms. The predicted molar refractivity (Wildman–Crippen MR) is 117 cm³/mol. The van der Waals surface area contributed by atoms with Gasteiger partial charge in [-0.1, -0.05) is 31.2 Å². The molecule has 0 saturated carbocycles. The minimum absolute atomic E-state index is 0.402. The van der Waals surface area contributed by atoms with E-state index in [-0.39, 0.29) is 0 Å². The number of hydrogen-bond donors (Lipinski definition) is 2. The molecule has 0 unspecified atom stereocenters. The van der Waals surface area contributed by atoms with Crippen LogP contribution in [0.15, 0.2) is 12.4 Å². The second-order valence-corrected chi connectivity index (χ2v) is 14.1. The lowest BCUT2D eigenvalue weighted by Crippen LogP contribution is -2.22. The third-order valence-electron chi connectivity index (χ3n) is 4.39. The van der Waals surface area contributed by atoms with E-state index in [1.807, 2.05) is 38.0 Å². The van der Waals surface area contributed by atoms with Crippen LogP contribution in [0, 0.1) is 6.92 Å². The smallest absolute Gasteiger partial charge is 0.231 e. The van der Waals surface area contributed by atoms with Gasteiger partial charge in [0.1, 0.15) is 12.5 Å². The Bertz CT molecular complexity index is 977. The van der Waals surface area contributed by atoms with Gasteiger partial charge in [-0.2, -0.15) is 15.1 Å². The van der Waals surface area contributed by atoms with E-state index in [1.54, 1.807) is 4.68 Å². The molecule has 3 aromatic rings. The summed E-state index contributed by atoms with van der Waals surface area (Å²) in [7, 11) is 2.57. The molecule has 3 aromatic heterocycles. The molecular weight excluding hydrogens is 394 g/mol. The van der Waals surface area contributed by atoms with Crippen LogP contribution in [0.25, 0.3) is 11.0 Å². The van der Waals surface area contributed by atoms with Crippen molar-refractivity contribution in [2.45, 2.75) is 39.3 Å². The number of anilines is 3. The van der Waals surface area contributed by atoms with Crippen molar-refractivity contribution in [3.8, 4) is 0 Å². The highest BCUT2D eigenvalue weighted by atomic mass is 35.5. The lowest BCUT2D eigenvalue weighted by Gasteiger charge is -2.15. The van der Waals surface area contributed by atoms with Crippen LogP contribution in [0.2, 0.25) is 30.7 Å². The minimum atomic E-state index is -1.13. The number of halogens is 1. The van der Waals surface area contributed by atoms with Gasteiger partial charge in [0.05, 0.1) is 21.8 Å². The van der Waals surface area contributed by atoms with Crippen molar-refractivity contribution in [2.24, 2.45) is 7.05 Å². The molecule has 0 aromatic carbocycles. The van der Waals surface area contributed by atoms with Gasteiger partial charge in [-0.05, 0) is 13.0 Å². The number of ether oxygens (including phenoxy) is 1. The van der Waals surface area contributed by atoms with Crippen molar-refractivity contribution in [1.29, 1.82) is 0 Å². The van der Waals surface area contributed by atoms with Crippen LogP contribution in [0.3, 0.4) is 0 Å². The second-order valence-electron chi connectivity index (χ2n) is 8.07. The summed E-state index contributed by atoms with van der Waals surface area (Å²) < 4.78 is 9.57. The van der Waals surface area contributed by atoms with Crippen LogP contribution in [0.4, 0.5) is 17.5 Å². The van der Waals surface area contributed by atoms with Gasteiger partial charge in [0.25, 0.3) is 0 Å². The molecule has 10 heteroatoms. The zero-order chi connectivity index (χ0) is 20.5. The minimum Gasteiger partial charge on any atom is -0.372 e. The maximum Gasteiger partial charge on any atom is 0.231 e. The van der Waals surface area contributed by atoms with Gasteiger partial charge < -0.3 is 19.9 Å². The number of aryl methyl sites for hydroxylation is 2. The fourth-order valence-electron chi connectivity index (χ4n) is 2.86. The van der Waals surface area contributed by atoms with Gasteiger partial charge in [-0.3, -0.25) is 4.68 Å². The summed E-state index contributed by atoms with van der Waals surface area (Å²) in [4.78, 5) is 9.25. The van der Waals surface area contributed by atoms with Gasteiger partial charge >= 0.3 is 0 Å². The Balaban J connectivity index is 1.89. The molecule has 0 bridgehead atoms. The first-order valence-electron chi connectivity index (χ1n) is 9.27. The number of hydrogen-bond acceptors (Lipinski definition) is 6. The molecular formula is C18H28ClN7OSi. The highest BCUT2D eigenvalue weighted by Crippen LogP contribution is 2.32. The first kappa shape index (κ1) is 20.6. The summed E-state index contributed by atoms with van der Waals surface area (Å²) in [6, 6.07) is 1.11. The van der Waals surface area contributed by atoms with Crippen molar-refractivity contribution in [2.75, 3.05) is 24.3 Å². The zero-order valence-corrected chi connectivity index (χ0v) is 19.1. The summed E-state index contributed by atoms with van der Waals surface area (Å²) in [5.41, 5.74) is 2.46. The number of rotatable bonds is 8. The fourth-order valence-corrected chi connectivity index (χ4v) is 3.91. The normalized spacial score (nSPS) is 12.0. The number of fused-ring (bicyclic) bond motifs is 1. The first-order chi connectivity index (χ1) is 13.2. The third-order valence-corrected chi connectivity index (χ3v) is 6.38. The summed E-state index contributed by atoms with van der Waals surface area (Å²) in [5, 5.41) is 12.1. The molecule has 0 aliphatic rings. The van der Waals surface area contributed by atoms with E-state index in [9.17, 15) is 0 Å². The Hall–Kier alpha value is -2.10. The molecule has 0 radical (unpaired) electrons. The highest BCUT2D eigenvalue weighted by molar-refractivity contribution is 6.76. The highest BCUT2D eigenvalue weighted by Gasteiger charge is 2.17. The Morgan fingerprint density at radius 2 is 1.96 bits per heavy atom. The fraction of sp³-hybridized carbons (Fsp3) is 0.500. The van der Waals surface area contributed by atoms with Crippen LogP contribution in [0.1, 0.15) is 5.69 Å². The molecule has 2 N–H and O–H groups in total. The van der Waals surface area contributed by atoms with Crippen LogP contribution >= 0.6 is 11.6 Å². The maximum atomic E-state index is 6.46. The molecule has 0 fully saturated rings. The van der Waals surface area contributed by atoms with Gasteiger partial charge in [0.2, 0.25) is 5.95 Å². The average molecular weight is 422 g/mol. The zero-order valence-electron chi connectivity index (χ0n) is 17.3. The van der Waals surface area contributed by atoms with Crippen molar-refractivity contribution in [1.82, 2.24) is 24.3 Å². The Morgan fingerprint density at radius 1 is 1.21 bits per heavy atom. The molecule has 8 nitrogen and oxygen atoms in total. The summed E-state index contributed by atoms with van der Waals surface area (Å²) in [6.45, 7) is 10.1. The third kappa shape index (κ3) is 4.65. The lowest BCUT2D eigenvalue weighted by molar-refractivity contribution is 0.0899. The standard InChI is InChI=1S/C18H28ClN7OSi/c1-12-14(10-25(3)24-12)21-18-22-16(20-2)15-13(19)9-26(17(15)23-18)11-27-7-8-28(4,5)6/h9-10H,7-8,11H2,1-6H3,(H2,20,21,22,23). The van der Waals surface area contributed by atoms with Crippen LogP contribution in [0.5, 0.6) is 0 Å². The average Bonchev–Trinajstić information content (AvgIpc) is 3.09. The van der Waals surface area contributed by atoms with Crippen molar-refractivity contribution < 1.29 is 4.74 Å². The first-order valence-corrected chi connectivity index (χ1v) is 13.4. The summed E-state index contributed by atoms with van der Waals surface area (Å²) in [5.74, 6) is 1.14. The quantitative estimate of drug-likeness (QED) is 0.418. The van der Waals surface area contributed by atoms with E-state index in [1.165, 1.54) is 0 Å². The van der Waals surface area contributed by atoms with Crippen molar-refractivity contribution in [3.63, 3.8) is 0 Å².